The van der Waals surface area contributed by atoms with Gasteiger partial charge < -0.3 is 10.1 Å². The fourth-order valence-electron chi connectivity index (χ4n) is 2.92. The van der Waals surface area contributed by atoms with Crippen molar-refractivity contribution in [1.29, 1.82) is 0 Å². The molecule has 1 aliphatic carbocycles. The Morgan fingerprint density at radius 3 is 2.68 bits per heavy atom. The molecule has 1 aromatic rings. The first-order chi connectivity index (χ1) is 8.99. The molecule has 2 nitrogen and oxygen atoms in total. The van der Waals surface area contributed by atoms with E-state index < -0.39 is 0 Å². The summed E-state index contributed by atoms with van der Waals surface area (Å²) in [6, 6.07) is 5.74. The molecule has 0 spiro atoms. The van der Waals surface area contributed by atoms with Gasteiger partial charge in [0.1, 0.15) is 0 Å². The SMILES string of the molecule is CCNC(Cc1cccc(OC)c1F)C1CC1(C)C. The van der Waals surface area contributed by atoms with Gasteiger partial charge in [-0.3, -0.25) is 0 Å². The van der Waals surface area contributed by atoms with E-state index in [1.165, 1.54) is 13.5 Å². The van der Waals surface area contributed by atoms with Crippen LogP contribution in [0.4, 0.5) is 4.39 Å². The highest BCUT2D eigenvalue weighted by Gasteiger charge is 2.49. The lowest BCUT2D eigenvalue weighted by atomic mass is 9.96. The summed E-state index contributed by atoms with van der Waals surface area (Å²) >= 11 is 0. The lowest BCUT2D eigenvalue weighted by Gasteiger charge is -2.20. The molecule has 19 heavy (non-hydrogen) atoms. The Morgan fingerprint density at radius 1 is 1.47 bits per heavy atom. The molecule has 2 unspecified atom stereocenters. The summed E-state index contributed by atoms with van der Waals surface area (Å²) in [4.78, 5) is 0. The Bertz CT molecular complexity index is 444. The summed E-state index contributed by atoms with van der Waals surface area (Å²) in [5, 5.41) is 3.51. The minimum Gasteiger partial charge on any atom is -0.494 e. The molecule has 2 rings (SSSR count). The van der Waals surface area contributed by atoms with Gasteiger partial charge in [0.15, 0.2) is 11.6 Å². The van der Waals surface area contributed by atoms with Gasteiger partial charge in [-0.05, 0) is 42.3 Å². The van der Waals surface area contributed by atoms with E-state index in [9.17, 15) is 4.39 Å². The molecule has 0 saturated heterocycles. The van der Waals surface area contributed by atoms with Crippen LogP contribution in [0.3, 0.4) is 0 Å². The fourth-order valence-corrected chi connectivity index (χ4v) is 2.92. The monoisotopic (exact) mass is 265 g/mol. The number of halogens is 1. The first-order valence-corrected chi connectivity index (χ1v) is 7.04. The normalized spacial score (nSPS) is 22.1. The van der Waals surface area contributed by atoms with Gasteiger partial charge in [-0.1, -0.05) is 32.9 Å². The zero-order valence-corrected chi connectivity index (χ0v) is 12.3. The van der Waals surface area contributed by atoms with Crippen molar-refractivity contribution in [3.63, 3.8) is 0 Å². The zero-order valence-electron chi connectivity index (χ0n) is 12.3. The third kappa shape index (κ3) is 3.08. The number of methoxy groups -OCH3 is 1. The first-order valence-electron chi connectivity index (χ1n) is 7.04. The van der Waals surface area contributed by atoms with Gasteiger partial charge >= 0.3 is 0 Å². The van der Waals surface area contributed by atoms with Crippen LogP contribution in [0.25, 0.3) is 0 Å². The van der Waals surface area contributed by atoms with E-state index in [1.54, 1.807) is 6.07 Å². The van der Waals surface area contributed by atoms with Crippen LogP contribution in [0.5, 0.6) is 5.75 Å². The molecule has 0 radical (unpaired) electrons. The van der Waals surface area contributed by atoms with Gasteiger partial charge in [0.25, 0.3) is 0 Å². The zero-order chi connectivity index (χ0) is 14.0. The Labute approximate surface area is 115 Å². The van der Waals surface area contributed by atoms with Gasteiger partial charge in [-0.25, -0.2) is 4.39 Å². The Hall–Kier alpha value is -1.09. The van der Waals surface area contributed by atoms with E-state index in [4.69, 9.17) is 4.74 Å². The second kappa shape index (κ2) is 5.49. The van der Waals surface area contributed by atoms with Crippen molar-refractivity contribution in [3.05, 3.63) is 29.6 Å². The van der Waals surface area contributed by atoms with Crippen LogP contribution in [0.15, 0.2) is 18.2 Å². The number of ether oxygens (including phenoxy) is 1. The average molecular weight is 265 g/mol. The van der Waals surface area contributed by atoms with E-state index >= 15 is 0 Å². The van der Waals surface area contributed by atoms with E-state index in [2.05, 4.69) is 26.1 Å². The van der Waals surface area contributed by atoms with E-state index in [1.807, 2.05) is 12.1 Å². The van der Waals surface area contributed by atoms with E-state index in [0.717, 1.165) is 18.5 Å². The summed E-state index contributed by atoms with van der Waals surface area (Å²) in [6.45, 7) is 7.58. The molecule has 0 amide bonds. The highest BCUT2D eigenvalue weighted by molar-refractivity contribution is 5.32. The molecule has 3 heteroatoms. The number of nitrogens with one attached hydrogen (secondary N) is 1. The van der Waals surface area contributed by atoms with Gasteiger partial charge in [0.05, 0.1) is 7.11 Å². The quantitative estimate of drug-likeness (QED) is 0.851. The van der Waals surface area contributed by atoms with Crippen molar-refractivity contribution in [2.75, 3.05) is 13.7 Å². The van der Waals surface area contributed by atoms with Crippen molar-refractivity contribution in [2.45, 2.75) is 39.7 Å². The summed E-state index contributed by atoms with van der Waals surface area (Å²) < 4.78 is 19.2. The summed E-state index contributed by atoms with van der Waals surface area (Å²) in [7, 11) is 1.51. The van der Waals surface area contributed by atoms with Crippen LogP contribution < -0.4 is 10.1 Å². The lowest BCUT2D eigenvalue weighted by Crippen LogP contribution is -2.34. The van der Waals surface area contributed by atoms with Crippen LogP contribution in [0.2, 0.25) is 0 Å². The number of likely N-dealkylation sites (N-methyl/N-ethyl adjacent to an activating group) is 1. The molecule has 1 N–H and O–H groups in total. The highest BCUT2D eigenvalue weighted by atomic mass is 19.1. The molecule has 0 heterocycles. The molecule has 1 fully saturated rings. The van der Waals surface area contributed by atoms with E-state index in [-0.39, 0.29) is 5.82 Å². The Balaban J connectivity index is 2.13. The summed E-state index contributed by atoms with van der Waals surface area (Å²) in [5.74, 6) is 0.757. The van der Waals surface area contributed by atoms with Crippen molar-refractivity contribution in [2.24, 2.45) is 11.3 Å². The van der Waals surface area contributed by atoms with Crippen LogP contribution in [-0.4, -0.2) is 19.7 Å². The largest absolute Gasteiger partial charge is 0.494 e. The highest BCUT2D eigenvalue weighted by Crippen LogP contribution is 2.54. The minimum absolute atomic E-state index is 0.216. The summed E-state index contributed by atoms with van der Waals surface area (Å²) in [6.07, 6.45) is 1.95. The second-order valence-corrected chi connectivity index (χ2v) is 6.10. The molecular weight excluding hydrogens is 241 g/mol. The van der Waals surface area contributed by atoms with Crippen LogP contribution >= 0.6 is 0 Å². The minimum atomic E-state index is -0.216. The van der Waals surface area contributed by atoms with Crippen LogP contribution in [0.1, 0.15) is 32.8 Å². The smallest absolute Gasteiger partial charge is 0.168 e. The Kier molecular flexibility index (Phi) is 4.14. The molecule has 1 aliphatic rings. The van der Waals surface area contributed by atoms with E-state index in [0.29, 0.717) is 23.1 Å². The average Bonchev–Trinajstić information content (AvgIpc) is 3.00. The van der Waals surface area contributed by atoms with Crippen LogP contribution in [0, 0.1) is 17.2 Å². The standard InChI is InChI=1S/C16H24FNO/c1-5-18-13(12-10-16(12,2)3)9-11-7-6-8-14(19-4)15(11)17/h6-8,12-13,18H,5,9-10H2,1-4H3. The van der Waals surface area contributed by atoms with Gasteiger partial charge in [0.2, 0.25) is 0 Å². The first kappa shape index (κ1) is 14.3. The fraction of sp³-hybridized carbons (Fsp3) is 0.625. The molecule has 106 valence electrons. The molecular formula is C16H24FNO. The number of benzene rings is 1. The van der Waals surface area contributed by atoms with Gasteiger partial charge in [-0.2, -0.15) is 0 Å². The van der Waals surface area contributed by atoms with Crippen molar-refractivity contribution in [3.8, 4) is 5.75 Å². The van der Waals surface area contributed by atoms with Gasteiger partial charge in [0, 0.05) is 6.04 Å². The predicted molar refractivity (Wildman–Crippen MR) is 76.0 cm³/mol. The third-order valence-corrected chi connectivity index (χ3v) is 4.24. The molecule has 1 saturated carbocycles. The number of rotatable bonds is 6. The number of hydrogen-bond acceptors (Lipinski definition) is 2. The maximum Gasteiger partial charge on any atom is 0.168 e. The maximum absolute atomic E-state index is 14.2. The van der Waals surface area contributed by atoms with Gasteiger partial charge in [-0.15, -0.1) is 0 Å². The topological polar surface area (TPSA) is 21.3 Å². The number of hydrogen-bond donors (Lipinski definition) is 1. The molecule has 1 aromatic carbocycles. The van der Waals surface area contributed by atoms with Crippen molar-refractivity contribution in [1.82, 2.24) is 5.32 Å². The predicted octanol–water partition coefficient (Wildman–Crippen LogP) is 3.40. The second-order valence-electron chi connectivity index (χ2n) is 6.10. The third-order valence-electron chi connectivity index (χ3n) is 4.24. The molecule has 2 atom stereocenters. The molecule has 0 aliphatic heterocycles. The maximum atomic E-state index is 14.2. The molecule has 0 bridgehead atoms. The Morgan fingerprint density at radius 2 is 2.16 bits per heavy atom. The van der Waals surface area contributed by atoms with Crippen molar-refractivity contribution < 1.29 is 9.13 Å². The molecule has 0 aromatic heterocycles. The van der Waals surface area contributed by atoms with Crippen molar-refractivity contribution >= 4 is 0 Å². The van der Waals surface area contributed by atoms with Crippen LogP contribution in [-0.2, 0) is 6.42 Å². The lowest BCUT2D eigenvalue weighted by molar-refractivity contribution is 0.376. The summed E-state index contributed by atoms with van der Waals surface area (Å²) in [5.41, 5.74) is 1.13.